The number of nitrogens with zero attached hydrogens (tertiary/aromatic N) is 1. The summed E-state index contributed by atoms with van der Waals surface area (Å²) in [5.74, 6) is -0.691. The van der Waals surface area contributed by atoms with Gasteiger partial charge in [0.25, 0.3) is 5.69 Å². The van der Waals surface area contributed by atoms with Gasteiger partial charge in [-0.2, -0.15) is 0 Å². The van der Waals surface area contributed by atoms with Crippen LogP contribution < -0.4 is 11.1 Å². The fraction of sp³-hybridized carbons (Fsp3) is 0.417. The molecule has 2 rings (SSSR count). The Bertz CT molecular complexity index is 518. The lowest BCUT2D eigenvalue weighted by atomic mass is 10.0. The van der Waals surface area contributed by atoms with Crippen LogP contribution in [0.4, 0.5) is 11.4 Å². The first-order valence-electron chi connectivity index (χ1n) is 5.88. The van der Waals surface area contributed by atoms with E-state index in [0.717, 1.165) is 0 Å². The monoisotopic (exact) mass is 265 g/mol. The fourth-order valence-corrected chi connectivity index (χ4v) is 1.96. The molecule has 2 atom stereocenters. The standard InChI is InChI=1S/C12H15N3O4/c1-7-2-3-8(4-11(7)15(17)18)14-12(16)9-5-19-6-10(9)13/h2-4,9-10H,5-6,13H2,1H3,(H,14,16). The molecule has 1 aliphatic heterocycles. The lowest BCUT2D eigenvalue weighted by Gasteiger charge is -2.13. The summed E-state index contributed by atoms with van der Waals surface area (Å²) in [6.45, 7) is 2.28. The molecule has 0 saturated carbocycles. The Morgan fingerprint density at radius 3 is 2.84 bits per heavy atom. The van der Waals surface area contributed by atoms with Crippen LogP contribution in [0.2, 0.25) is 0 Å². The molecular formula is C12H15N3O4. The molecule has 3 N–H and O–H groups in total. The smallest absolute Gasteiger partial charge is 0.274 e. The van der Waals surface area contributed by atoms with Gasteiger partial charge in [0.15, 0.2) is 0 Å². The molecule has 1 heterocycles. The zero-order valence-corrected chi connectivity index (χ0v) is 10.5. The van der Waals surface area contributed by atoms with Gasteiger partial charge >= 0.3 is 0 Å². The van der Waals surface area contributed by atoms with Crippen LogP contribution in [0, 0.1) is 23.0 Å². The number of amides is 1. The number of ether oxygens (including phenoxy) is 1. The van der Waals surface area contributed by atoms with Crippen molar-refractivity contribution in [2.24, 2.45) is 11.7 Å². The maximum Gasteiger partial charge on any atom is 0.274 e. The van der Waals surface area contributed by atoms with E-state index >= 15 is 0 Å². The quantitative estimate of drug-likeness (QED) is 0.621. The van der Waals surface area contributed by atoms with E-state index in [4.69, 9.17) is 10.5 Å². The highest BCUT2D eigenvalue weighted by atomic mass is 16.6. The van der Waals surface area contributed by atoms with Gasteiger partial charge in [-0.05, 0) is 13.0 Å². The number of aryl methyl sites for hydroxylation is 1. The molecule has 19 heavy (non-hydrogen) atoms. The molecule has 0 radical (unpaired) electrons. The van der Waals surface area contributed by atoms with Gasteiger partial charge in [-0.25, -0.2) is 0 Å². The molecule has 1 aromatic carbocycles. The van der Waals surface area contributed by atoms with Crippen molar-refractivity contribution in [3.63, 3.8) is 0 Å². The normalized spacial score (nSPS) is 22.2. The Balaban J connectivity index is 2.13. The second-order valence-corrected chi connectivity index (χ2v) is 4.56. The van der Waals surface area contributed by atoms with Gasteiger partial charge in [-0.15, -0.1) is 0 Å². The number of nitro benzene ring substituents is 1. The molecule has 1 saturated heterocycles. The summed E-state index contributed by atoms with van der Waals surface area (Å²) >= 11 is 0. The van der Waals surface area contributed by atoms with Gasteiger partial charge in [-0.3, -0.25) is 14.9 Å². The molecule has 0 aliphatic carbocycles. The predicted molar refractivity (Wildman–Crippen MR) is 68.7 cm³/mol. The van der Waals surface area contributed by atoms with Crippen molar-refractivity contribution >= 4 is 17.3 Å². The number of benzene rings is 1. The Hall–Kier alpha value is -1.99. The van der Waals surface area contributed by atoms with Crippen molar-refractivity contribution in [1.29, 1.82) is 0 Å². The van der Waals surface area contributed by atoms with Crippen LogP contribution in [-0.2, 0) is 9.53 Å². The highest BCUT2D eigenvalue weighted by Gasteiger charge is 2.31. The summed E-state index contributed by atoms with van der Waals surface area (Å²) in [6.07, 6.45) is 0. The number of nitrogens with one attached hydrogen (secondary N) is 1. The largest absolute Gasteiger partial charge is 0.379 e. The van der Waals surface area contributed by atoms with Gasteiger partial charge in [0, 0.05) is 23.4 Å². The van der Waals surface area contributed by atoms with E-state index < -0.39 is 10.8 Å². The SMILES string of the molecule is Cc1ccc(NC(=O)C2COCC2N)cc1[N+](=O)[O-]. The number of anilines is 1. The van der Waals surface area contributed by atoms with Gasteiger partial charge < -0.3 is 15.8 Å². The Kier molecular flexibility index (Phi) is 3.77. The predicted octanol–water partition coefficient (Wildman–Crippen LogP) is 0.815. The molecule has 1 fully saturated rings. The van der Waals surface area contributed by atoms with Gasteiger partial charge in [0.05, 0.1) is 24.1 Å². The number of hydrogen-bond donors (Lipinski definition) is 2. The number of carbonyl (C=O) groups is 1. The van der Waals surface area contributed by atoms with Gasteiger partial charge in [-0.1, -0.05) is 6.07 Å². The summed E-state index contributed by atoms with van der Waals surface area (Å²) in [5.41, 5.74) is 6.65. The first kappa shape index (κ1) is 13.4. The molecule has 2 unspecified atom stereocenters. The molecular weight excluding hydrogens is 250 g/mol. The van der Waals surface area contributed by atoms with E-state index in [1.165, 1.54) is 6.07 Å². The summed E-state index contributed by atoms with van der Waals surface area (Å²) in [7, 11) is 0. The Morgan fingerprint density at radius 2 is 2.26 bits per heavy atom. The molecule has 0 spiro atoms. The lowest BCUT2D eigenvalue weighted by molar-refractivity contribution is -0.385. The third-order valence-electron chi connectivity index (χ3n) is 3.13. The van der Waals surface area contributed by atoms with E-state index in [9.17, 15) is 14.9 Å². The van der Waals surface area contributed by atoms with E-state index in [1.807, 2.05) is 0 Å². The van der Waals surface area contributed by atoms with Crippen LogP contribution in [-0.4, -0.2) is 30.1 Å². The van der Waals surface area contributed by atoms with Crippen molar-refractivity contribution < 1.29 is 14.5 Å². The molecule has 1 aliphatic rings. The number of hydrogen-bond acceptors (Lipinski definition) is 5. The van der Waals surface area contributed by atoms with Crippen LogP contribution in [0.25, 0.3) is 0 Å². The maximum absolute atomic E-state index is 12.0. The van der Waals surface area contributed by atoms with Crippen molar-refractivity contribution in [1.82, 2.24) is 0 Å². The van der Waals surface area contributed by atoms with Crippen LogP contribution >= 0.6 is 0 Å². The van der Waals surface area contributed by atoms with Crippen LogP contribution in [0.3, 0.4) is 0 Å². The third kappa shape index (κ3) is 2.88. The average molecular weight is 265 g/mol. The van der Waals surface area contributed by atoms with Crippen molar-refractivity contribution in [3.05, 3.63) is 33.9 Å². The summed E-state index contributed by atoms with van der Waals surface area (Å²) < 4.78 is 5.12. The van der Waals surface area contributed by atoms with Gasteiger partial charge in [0.2, 0.25) is 5.91 Å². The summed E-state index contributed by atoms with van der Waals surface area (Å²) in [5, 5.41) is 13.5. The number of nitro groups is 1. The van der Waals surface area contributed by atoms with Crippen LogP contribution in [0.1, 0.15) is 5.56 Å². The zero-order chi connectivity index (χ0) is 14.0. The first-order chi connectivity index (χ1) is 8.99. The number of rotatable bonds is 3. The van der Waals surface area contributed by atoms with E-state index in [1.54, 1.807) is 19.1 Å². The summed E-state index contributed by atoms with van der Waals surface area (Å²) in [6, 6.07) is 4.23. The third-order valence-corrected chi connectivity index (χ3v) is 3.13. The number of carbonyl (C=O) groups excluding carboxylic acids is 1. The van der Waals surface area contributed by atoms with Gasteiger partial charge in [0.1, 0.15) is 0 Å². The second-order valence-electron chi connectivity index (χ2n) is 4.56. The average Bonchev–Trinajstić information content (AvgIpc) is 2.77. The van der Waals surface area contributed by atoms with Crippen LogP contribution in [0.15, 0.2) is 18.2 Å². The molecule has 7 nitrogen and oxygen atoms in total. The fourth-order valence-electron chi connectivity index (χ4n) is 1.96. The molecule has 102 valence electrons. The van der Waals surface area contributed by atoms with Crippen molar-refractivity contribution in [3.8, 4) is 0 Å². The molecule has 0 bridgehead atoms. The van der Waals surface area contributed by atoms with E-state index in [-0.39, 0.29) is 24.2 Å². The minimum atomic E-state index is -0.477. The minimum absolute atomic E-state index is 0.0234. The zero-order valence-electron chi connectivity index (χ0n) is 10.5. The second kappa shape index (κ2) is 5.33. The van der Waals surface area contributed by atoms with Crippen molar-refractivity contribution in [2.45, 2.75) is 13.0 Å². The lowest BCUT2D eigenvalue weighted by Crippen LogP contribution is -2.37. The molecule has 1 aromatic rings. The Labute approximate surface area is 109 Å². The number of nitrogens with two attached hydrogens (primary N) is 1. The topological polar surface area (TPSA) is 107 Å². The molecule has 0 aromatic heterocycles. The first-order valence-corrected chi connectivity index (χ1v) is 5.88. The molecule has 7 heteroatoms. The molecule has 1 amide bonds. The van der Waals surface area contributed by atoms with E-state index in [0.29, 0.717) is 17.9 Å². The van der Waals surface area contributed by atoms with Crippen molar-refractivity contribution in [2.75, 3.05) is 18.5 Å². The maximum atomic E-state index is 12.0. The van der Waals surface area contributed by atoms with Crippen LogP contribution in [0.5, 0.6) is 0 Å². The Morgan fingerprint density at radius 1 is 1.53 bits per heavy atom. The highest BCUT2D eigenvalue weighted by Crippen LogP contribution is 2.23. The van der Waals surface area contributed by atoms with E-state index in [2.05, 4.69) is 5.32 Å². The minimum Gasteiger partial charge on any atom is -0.379 e. The highest BCUT2D eigenvalue weighted by molar-refractivity contribution is 5.93. The summed E-state index contributed by atoms with van der Waals surface area (Å²) in [4.78, 5) is 22.3.